The Hall–Kier alpha value is -3.40. The van der Waals surface area contributed by atoms with E-state index < -0.39 is 6.29 Å². The van der Waals surface area contributed by atoms with E-state index in [-0.39, 0.29) is 49.2 Å². The van der Waals surface area contributed by atoms with Crippen LogP contribution in [0.5, 0.6) is 0 Å². The van der Waals surface area contributed by atoms with Crippen LogP contribution in [0.25, 0.3) is 0 Å². The number of nitrogens with zero attached hydrogens (tertiary/aromatic N) is 2. The van der Waals surface area contributed by atoms with Crippen LogP contribution in [0, 0.1) is 5.92 Å². The highest BCUT2D eigenvalue weighted by atomic mass is 16.7. The van der Waals surface area contributed by atoms with Gasteiger partial charge in [0.15, 0.2) is 6.29 Å². The molecule has 2 fully saturated rings. The van der Waals surface area contributed by atoms with Gasteiger partial charge >= 0.3 is 0 Å². The fourth-order valence-corrected chi connectivity index (χ4v) is 6.14. The van der Waals surface area contributed by atoms with Gasteiger partial charge in [0.1, 0.15) is 0 Å². The average Bonchev–Trinajstić information content (AvgIpc) is 3.55. The van der Waals surface area contributed by atoms with E-state index in [0.29, 0.717) is 28.9 Å². The standard InChI is InChI=1S/C32H34N2O6/c1-20-28(17-33-15-5-8-25(33)19-36)39-32(40-29(20)22-13-11-21(18-35)12-14-22)23-6-4-7-24(16-23)34-30(37)26-9-2-3-10-27(26)31(34)38/h2-4,6-7,9-14,16,20,25,28-29,32,35-36H,5,8,15,17-19H2,1H3. The SMILES string of the molecule is CC1C(CN2CCCC2CO)OC(c2cccc(N3C(=O)c4ccccc4C3=O)c2)OC1c1ccc(CO)cc1. The summed E-state index contributed by atoms with van der Waals surface area (Å²) in [5.41, 5.74) is 3.78. The van der Waals surface area contributed by atoms with Crippen molar-refractivity contribution < 1.29 is 29.3 Å². The van der Waals surface area contributed by atoms with Crippen LogP contribution in [0.3, 0.4) is 0 Å². The first-order chi connectivity index (χ1) is 19.5. The molecule has 2 N–H and O–H groups in total. The number of carbonyl (C=O) groups excluding carboxylic acids is 2. The van der Waals surface area contributed by atoms with Crippen molar-refractivity contribution in [2.75, 3.05) is 24.6 Å². The van der Waals surface area contributed by atoms with E-state index in [2.05, 4.69) is 11.8 Å². The third-order valence-corrected chi connectivity index (χ3v) is 8.44. The molecular formula is C32H34N2O6. The fourth-order valence-electron chi connectivity index (χ4n) is 6.14. The van der Waals surface area contributed by atoms with Gasteiger partial charge in [-0.25, -0.2) is 4.90 Å². The van der Waals surface area contributed by atoms with Crippen molar-refractivity contribution in [2.24, 2.45) is 5.92 Å². The quantitative estimate of drug-likeness (QED) is 0.431. The zero-order valence-electron chi connectivity index (χ0n) is 22.5. The van der Waals surface area contributed by atoms with E-state index in [4.69, 9.17) is 9.47 Å². The third kappa shape index (κ3) is 4.87. The molecule has 0 saturated carbocycles. The Kier molecular flexibility index (Phi) is 7.53. The molecule has 2 amide bonds. The summed E-state index contributed by atoms with van der Waals surface area (Å²) in [6.45, 7) is 3.78. The van der Waals surface area contributed by atoms with Crippen molar-refractivity contribution in [3.05, 3.63) is 101 Å². The number of carbonyl (C=O) groups is 2. The lowest BCUT2D eigenvalue weighted by Gasteiger charge is -2.43. The molecule has 8 nitrogen and oxygen atoms in total. The summed E-state index contributed by atoms with van der Waals surface area (Å²) in [4.78, 5) is 29.8. The highest BCUT2D eigenvalue weighted by Gasteiger charge is 2.41. The largest absolute Gasteiger partial charge is 0.395 e. The normalized spacial score (nSPS) is 26.9. The van der Waals surface area contributed by atoms with Crippen LogP contribution < -0.4 is 4.90 Å². The number of imide groups is 1. The average molecular weight is 543 g/mol. The number of anilines is 1. The first-order valence-electron chi connectivity index (χ1n) is 13.9. The molecule has 0 aliphatic carbocycles. The molecule has 3 heterocycles. The molecule has 40 heavy (non-hydrogen) atoms. The molecule has 0 radical (unpaired) electrons. The molecule has 3 aliphatic heterocycles. The molecule has 3 aromatic carbocycles. The Balaban J connectivity index is 1.31. The molecule has 0 aromatic heterocycles. The number of fused-ring (bicyclic) bond motifs is 1. The highest BCUT2D eigenvalue weighted by molar-refractivity contribution is 6.34. The van der Waals surface area contributed by atoms with Crippen molar-refractivity contribution >= 4 is 17.5 Å². The van der Waals surface area contributed by atoms with E-state index in [1.54, 1.807) is 42.5 Å². The van der Waals surface area contributed by atoms with Crippen LogP contribution in [-0.4, -0.2) is 58.8 Å². The smallest absolute Gasteiger partial charge is 0.266 e. The molecule has 2 saturated heterocycles. The van der Waals surface area contributed by atoms with Gasteiger partial charge in [-0.05, 0) is 54.8 Å². The maximum Gasteiger partial charge on any atom is 0.266 e. The Bertz CT molecular complexity index is 1360. The summed E-state index contributed by atoms with van der Waals surface area (Å²) >= 11 is 0. The van der Waals surface area contributed by atoms with Crippen molar-refractivity contribution in [3.63, 3.8) is 0 Å². The van der Waals surface area contributed by atoms with Gasteiger partial charge in [-0.1, -0.05) is 55.5 Å². The molecule has 208 valence electrons. The third-order valence-electron chi connectivity index (χ3n) is 8.44. The number of aliphatic hydroxyl groups excluding tert-OH is 2. The van der Waals surface area contributed by atoms with Crippen molar-refractivity contribution in [1.82, 2.24) is 4.90 Å². The van der Waals surface area contributed by atoms with Gasteiger partial charge in [-0.2, -0.15) is 0 Å². The number of aliphatic hydroxyl groups is 2. The molecular weight excluding hydrogens is 508 g/mol. The maximum absolute atomic E-state index is 13.1. The zero-order chi connectivity index (χ0) is 27.8. The molecule has 0 spiro atoms. The lowest BCUT2D eigenvalue weighted by molar-refractivity contribution is -0.276. The Morgan fingerprint density at radius 3 is 2.27 bits per heavy atom. The Morgan fingerprint density at radius 1 is 0.875 bits per heavy atom. The minimum atomic E-state index is -0.728. The van der Waals surface area contributed by atoms with Crippen molar-refractivity contribution in [1.29, 1.82) is 0 Å². The van der Waals surface area contributed by atoms with E-state index in [1.807, 2.05) is 30.3 Å². The predicted octanol–water partition coefficient (Wildman–Crippen LogP) is 4.23. The lowest BCUT2D eigenvalue weighted by atomic mass is 9.90. The summed E-state index contributed by atoms with van der Waals surface area (Å²) in [6.07, 6.45) is 0.812. The first-order valence-corrected chi connectivity index (χ1v) is 13.9. The molecule has 3 aliphatic rings. The monoisotopic (exact) mass is 542 g/mol. The van der Waals surface area contributed by atoms with Gasteiger partial charge in [-0.3, -0.25) is 14.5 Å². The summed E-state index contributed by atoms with van der Waals surface area (Å²) in [5.74, 6) is -0.683. The van der Waals surface area contributed by atoms with Crippen LogP contribution >= 0.6 is 0 Å². The molecule has 5 unspecified atom stereocenters. The molecule has 6 rings (SSSR count). The number of ether oxygens (including phenoxy) is 2. The number of likely N-dealkylation sites (tertiary alicyclic amines) is 1. The van der Waals surface area contributed by atoms with Gasteiger partial charge in [0.25, 0.3) is 11.8 Å². The summed E-state index contributed by atoms with van der Waals surface area (Å²) in [6, 6.07) is 22.0. The van der Waals surface area contributed by atoms with Gasteiger partial charge in [-0.15, -0.1) is 0 Å². The summed E-state index contributed by atoms with van der Waals surface area (Å²) in [5, 5.41) is 19.4. The highest BCUT2D eigenvalue weighted by Crippen LogP contribution is 2.43. The molecule has 0 bridgehead atoms. The van der Waals surface area contributed by atoms with Gasteiger partial charge < -0.3 is 19.7 Å². The number of hydrogen-bond donors (Lipinski definition) is 2. The van der Waals surface area contributed by atoms with E-state index in [0.717, 1.165) is 30.5 Å². The van der Waals surface area contributed by atoms with Crippen LogP contribution in [0.2, 0.25) is 0 Å². The maximum atomic E-state index is 13.1. The second-order valence-corrected chi connectivity index (χ2v) is 10.9. The second-order valence-electron chi connectivity index (χ2n) is 10.9. The van der Waals surface area contributed by atoms with E-state index in [1.165, 1.54) is 4.90 Å². The molecule has 8 heteroatoms. The van der Waals surface area contributed by atoms with Gasteiger partial charge in [0, 0.05) is 24.1 Å². The predicted molar refractivity (Wildman–Crippen MR) is 149 cm³/mol. The Labute approximate surface area is 233 Å². The second kappa shape index (κ2) is 11.2. The van der Waals surface area contributed by atoms with Crippen LogP contribution in [0.4, 0.5) is 5.69 Å². The number of rotatable bonds is 7. The number of benzene rings is 3. The van der Waals surface area contributed by atoms with Gasteiger partial charge in [0.05, 0.1) is 42.2 Å². The van der Waals surface area contributed by atoms with Crippen molar-refractivity contribution in [3.8, 4) is 0 Å². The van der Waals surface area contributed by atoms with Crippen LogP contribution in [-0.2, 0) is 16.1 Å². The lowest BCUT2D eigenvalue weighted by Crippen LogP contribution is -2.46. The molecule has 3 aromatic rings. The minimum absolute atomic E-state index is 0.00980. The topological polar surface area (TPSA) is 99.5 Å². The first kappa shape index (κ1) is 26.8. The number of amides is 2. The van der Waals surface area contributed by atoms with Gasteiger partial charge in [0.2, 0.25) is 0 Å². The molecule has 5 atom stereocenters. The summed E-state index contributed by atoms with van der Waals surface area (Å²) in [7, 11) is 0. The van der Waals surface area contributed by atoms with Crippen LogP contribution in [0.15, 0.2) is 72.8 Å². The minimum Gasteiger partial charge on any atom is -0.395 e. The Morgan fingerprint density at radius 2 is 1.60 bits per heavy atom. The van der Waals surface area contributed by atoms with Crippen molar-refractivity contribution in [2.45, 2.75) is 50.9 Å². The zero-order valence-corrected chi connectivity index (χ0v) is 22.5. The van der Waals surface area contributed by atoms with E-state index in [9.17, 15) is 19.8 Å². The summed E-state index contributed by atoms with van der Waals surface area (Å²) < 4.78 is 13.2. The van der Waals surface area contributed by atoms with E-state index >= 15 is 0 Å². The van der Waals surface area contributed by atoms with Crippen LogP contribution in [0.1, 0.15) is 69.6 Å². The number of hydrogen-bond acceptors (Lipinski definition) is 7. The fraction of sp³-hybridized carbons (Fsp3) is 0.375.